The molecule has 0 aliphatic heterocycles. The van der Waals surface area contributed by atoms with Gasteiger partial charge in [0.25, 0.3) is 0 Å². The van der Waals surface area contributed by atoms with E-state index in [4.69, 9.17) is 0 Å². The summed E-state index contributed by atoms with van der Waals surface area (Å²) < 4.78 is 1.53. The first-order valence-electron chi connectivity index (χ1n) is 5.74. The summed E-state index contributed by atoms with van der Waals surface area (Å²) >= 11 is 0. The Balaban J connectivity index is 2.04. The fourth-order valence-electron chi connectivity index (χ4n) is 1.70. The second-order valence-electron chi connectivity index (χ2n) is 3.96. The van der Waals surface area contributed by atoms with E-state index < -0.39 is 0 Å². The summed E-state index contributed by atoms with van der Waals surface area (Å²) in [6, 6.07) is 7.78. The summed E-state index contributed by atoms with van der Waals surface area (Å²) in [5.74, 6) is 0.0542. The van der Waals surface area contributed by atoms with Crippen molar-refractivity contribution in [2.24, 2.45) is 0 Å². The molecule has 2 rings (SSSR count). The van der Waals surface area contributed by atoms with Crippen molar-refractivity contribution >= 4 is 5.78 Å². The molecule has 1 heterocycles. The van der Waals surface area contributed by atoms with Crippen LogP contribution in [-0.2, 0) is 13.0 Å². The van der Waals surface area contributed by atoms with Crippen molar-refractivity contribution in [3.8, 4) is 0 Å². The number of benzene rings is 1. The molecule has 0 atom stereocenters. The highest BCUT2D eigenvalue weighted by Gasteiger charge is 2.06. The van der Waals surface area contributed by atoms with E-state index in [1.165, 1.54) is 16.6 Å². The molecule has 2 aromatic rings. The summed E-state index contributed by atoms with van der Waals surface area (Å²) in [5.41, 5.74) is 1.99. The van der Waals surface area contributed by atoms with Gasteiger partial charge in [-0.3, -0.25) is 4.79 Å². The van der Waals surface area contributed by atoms with Crippen LogP contribution in [0.5, 0.6) is 0 Å². The molecule has 0 aliphatic carbocycles. The number of carbonyl (C=O) groups is 1. The molecule has 0 N–H and O–H groups in total. The number of aromatic nitrogens is 3. The molecule has 0 spiro atoms. The topological polar surface area (TPSA) is 47.8 Å². The molecule has 0 fully saturated rings. The van der Waals surface area contributed by atoms with Gasteiger partial charge in [0.15, 0.2) is 5.78 Å². The van der Waals surface area contributed by atoms with Crippen LogP contribution in [0, 0.1) is 0 Å². The highest BCUT2D eigenvalue weighted by Crippen LogP contribution is 2.08. The van der Waals surface area contributed by atoms with Gasteiger partial charge >= 0.3 is 0 Å². The molecule has 0 bridgehead atoms. The number of ketones is 1. The Morgan fingerprint density at radius 2 is 2.06 bits per heavy atom. The molecule has 4 heteroatoms. The van der Waals surface area contributed by atoms with E-state index in [9.17, 15) is 4.79 Å². The van der Waals surface area contributed by atoms with Crippen molar-refractivity contribution in [2.45, 2.75) is 26.3 Å². The number of aryl methyl sites for hydroxylation is 1. The molecule has 4 nitrogen and oxygen atoms in total. The number of Topliss-reactive ketones (excluding diaryl/α,β-unsaturated/α-hetero) is 1. The molecular formula is C13H15N3O. The number of rotatable bonds is 5. The molecule has 0 saturated heterocycles. The Morgan fingerprint density at radius 1 is 1.29 bits per heavy atom. The van der Waals surface area contributed by atoms with Crippen LogP contribution >= 0.6 is 0 Å². The highest BCUT2D eigenvalue weighted by atomic mass is 16.1. The van der Waals surface area contributed by atoms with Gasteiger partial charge in [0.2, 0.25) is 0 Å². The molecule has 1 aromatic heterocycles. The van der Waals surface area contributed by atoms with Crippen molar-refractivity contribution in [3.63, 3.8) is 0 Å². The lowest BCUT2D eigenvalue weighted by molar-refractivity contribution is 0.0967. The third kappa shape index (κ3) is 3.00. The fourth-order valence-corrected chi connectivity index (χ4v) is 1.70. The lowest BCUT2D eigenvalue weighted by atomic mass is 10.1. The Morgan fingerprint density at radius 3 is 2.65 bits per heavy atom. The summed E-state index contributed by atoms with van der Waals surface area (Å²) in [6.45, 7) is 2.39. The SMILES string of the molecule is CCCc1ccc(C(=O)Cn2cncn2)cc1. The normalized spacial score (nSPS) is 10.4. The smallest absolute Gasteiger partial charge is 0.184 e. The van der Waals surface area contributed by atoms with Crippen LogP contribution in [0.25, 0.3) is 0 Å². The van der Waals surface area contributed by atoms with Crippen molar-refractivity contribution in [1.82, 2.24) is 14.8 Å². The maximum atomic E-state index is 11.9. The fraction of sp³-hybridized carbons (Fsp3) is 0.308. The molecule has 88 valence electrons. The van der Waals surface area contributed by atoms with Crippen molar-refractivity contribution in [1.29, 1.82) is 0 Å². The Kier molecular flexibility index (Phi) is 3.65. The molecule has 17 heavy (non-hydrogen) atoms. The first kappa shape index (κ1) is 11.5. The zero-order chi connectivity index (χ0) is 12.1. The van der Waals surface area contributed by atoms with Crippen LogP contribution in [0.4, 0.5) is 0 Å². The van der Waals surface area contributed by atoms with E-state index in [1.54, 1.807) is 6.33 Å². The molecule has 0 amide bonds. The van der Waals surface area contributed by atoms with E-state index in [2.05, 4.69) is 17.0 Å². The van der Waals surface area contributed by atoms with Crippen LogP contribution in [0.3, 0.4) is 0 Å². The van der Waals surface area contributed by atoms with Crippen LogP contribution in [0.2, 0.25) is 0 Å². The van der Waals surface area contributed by atoms with Gasteiger partial charge in [0, 0.05) is 5.56 Å². The maximum absolute atomic E-state index is 11.9. The molecular weight excluding hydrogens is 214 g/mol. The first-order valence-corrected chi connectivity index (χ1v) is 5.74. The summed E-state index contributed by atoms with van der Waals surface area (Å²) in [7, 11) is 0. The van der Waals surface area contributed by atoms with Crippen molar-refractivity contribution in [2.75, 3.05) is 0 Å². The lowest BCUT2D eigenvalue weighted by Crippen LogP contribution is -2.10. The highest BCUT2D eigenvalue weighted by molar-refractivity contribution is 5.95. The van der Waals surface area contributed by atoms with E-state index in [-0.39, 0.29) is 12.3 Å². The standard InChI is InChI=1S/C13H15N3O/c1-2-3-11-4-6-12(7-5-11)13(17)8-16-10-14-9-15-16/h4-7,9-10H,2-3,8H2,1H3. The minimum atomic E-state index is 0.0542. The van der Waals surface area contributed by atoms with Crippen LogP contribution < -0.4 is 0 Å². The summed E-state index contributed by atoms with van der Waals surface area (Å²) in [6.07, 6.45) is 5.14. The van der Waals surface area contributed by atoms with Crippen molar-refractivity contribution in [3.05, 3.63) is 48.0 Å². The van der Waals surface area contributed by atoms with E-state index >= 15 is 0 Å². The Bertz CT molecular complexity index is 474. The van der Waals surface area contributed by atoms with Gasteiger partial charge in [-0.1, -0.05) is 37.6 Å². The average molecular weight is 229 g/mol. The van der Waals surface area contributed by atoms with Gasteiger partial charge in [-0.2, -0.15) is 5.10 Å². The quantitative estimate of drug-likeness (QED) is 0.738. The van der Waals surface area contributed by atoms with E-state index in [1.807, 2.05) is 24.3 Å². The second-order valence-corrected chi connectivity index (χ2v) is 3.96. The van der Waals surface area contributed by atoms with E-state index in [0.717, 1.165) is 18.4 Å². The van der Waals surface area contributed by atoms with Gasteiger partial charge in [-0.15, -0.1) is 0 Å². The van der Waals surface area contributed by atoms with Gasteiger partial charge in [0.05, 0.1) is 0 Å². The lowest BCUT2D eigenvalue weighted by Gasteiger charge is -2.03. The molecule has 0 unspecified atom stereocenters. The maximum Gasteiger partial charge on any atom is 0.184 e. The first-order chi connectivity index (χ1) is 8.29. The van der Waals surface area contributed by atoms with Gasteiger partial charge < -0.3 is 0 Å². The molecule has 0 radical (unpaired) electrons. The monoisotopic (exact) mass is 229 g/mol. The van der Waals surface area contributed by atoms with Gasteiger partial charge in [-0.05, 0) is 12.0 Å². The number of nitrogens with zero attached hydrogens (tertiary/aromatic N) is 3. The summed E-state index contributed by atoms with van der Waals surface area (Å²) in [5, 5.41) is 3.91. The molecule has 1 aromatic carbocycles. The zero-order valence-electron chi connectivity index (χ0n) is 9.84. The number of carbonyl (C=O) groups excluding carboxylic acids is 1. The third-order valence-electron chi connectivity index (χ3n) is 2.59. The summed E-state index contributed by atoms with van der Waals surface area (Å²) in [4.78, 5) is 15.7. The molecule has 0 aliphatic rings. The Hall–Kier alpha value is -1.97. The number of hydrogen-bond donors (Lipinski definition) is 0. The van der Waals surface area contributed by atoms with Gasteiger partial charge in [-0.25, -0.2) is 9.67 Å². The number of hydrogen-bond acceptors (Lipinski definition) is 3. The van der Waals surface area contributed by atoms with Crippen LogP contribution in [0.1, 0.15) is 29.3 Å². The average Bonchev–Trinajstić information content (AvgIpc) is 2.83. The second kappa shape index (κ2) is 5.39. The predicted octanol–water partition coefficient (Wildman–Crippen LogP) is 2.11. The predicted molar refractivity (Wildman–Crippen MR) is 64.8 cm³/mol. The minimum Gasteiger partial charge on any atom is -0.292 e. The van der Waals surface area contributed by atoms with Crippen LogP contribution in [0.15, 0.2) is 36.9 Å². The van der Waals surface area contributed by atoms with Gasteiger partial charge in [0.1, 0.15) is 19.2 Å². The third-order valence-corrected chi connectivity index (χ3v) is 2.59. The van der Waals surface area contributed by atoms with Crippen molar-refractivity contribution < 1.29 is 4.79 Å². The molecule has 0 saturated carbocycles. The van der Waals surface area contributed by atoms with Crippen LogP contribution in [-0.4, -0.2) is 20.5 Å². The van der Waals surface area contributed by atoms with E-state index in [0.29, 0.717) is 0 Å². The Labute approximate surface area is 100 Å². The minimum absolute atomic E-state index is 0.0542. The zero-order valence-corrected chi connectivity index (χ0v) is 9.84. The largest absolute Gasteiger partial charge is 0.292 e.